The van der Waals surface area contributed by atoms with E-state index in [2.05, 4.69) is 0 Å². The molecule has 1 N–H and O–H groups in total. The van der Waals surface area contributed by atoms with Crippen LogP contribution in [0.2, 0.25) is 0 Å². The van der Waals surface area contributed by atoms with E-state index >= 15 is 0 Å². The van der Waals surface area contributed by atoms with Gasteiger partial charge in [-0.25, -0.2) is 0 Å². The van der Waals surface area contributed by atoms with Crippen LogP contribution in [0.5, 0.6) is 0 Å². The first-order valence-electron chi connectivity index (χ1n) is 2.30. The zero-order valence-electron chi connectivity index (χ0n) is 4.46. The van der Waals surface area contributed by atoms with Crippen LogP contribution in [0.1, 0.15) is 6.92 Å². The second-order valence-electron chi connectivity index (χ2n) is 1.14. The van der Waals surface area contributed by atoms with Gasteiger partial charge in [-0.2, -0.15) is 0 Å². The SMILES string of the molecule is C/C=C/C=C\CO. The van der Waals surface area contributed by atoms with Crippen molar-refractivity contribution in [2.75, 3.05) is 6.61 Å². The van der Waals surface area contributed by atoms with Crippen molar-refractivity contribution in [3.8, 4) is 0 Å². The summed E-state index contributed by atoms with van der Waals surface area (Å²) in [7, 11) is 0. The lowest BCUT2D eigenvalue weighted by Crippen LogP contribution is -1.66. The van der Waals surface area contributed by atoms with Crippen molar-refractivity contribution in [3.05, 3.63) is 24.3 Å². The van der Waals surface area contributed by atoms with Crippen molar-refractivity contribution in [1.82, 2.24) is 0 Å². The van der Waals surface area contributed by atoms with Crippen LogP contribution in [0.3, 0.4) is 0 Å². The molecule has 7 heavy (non-hydrogen) atoms. The van der Waals surface area contributed by atoms with Crippen LogP contribution in [-0.2, 0) is 0 Å². The molecule has 0 atom stereocenters. The van der Waals surface area contributed by atoms with Gasteiger partial charge >= 0.3 is 0 Å². The van der Waals surface area contributed by atoms with Gasteiger partial charge in [0.25, 0.3) is 0 Å². The summed E-state index contributed by atoms with van der Waals surface area (Å²) >= 11 is 0. The monoisotopic (exact) mass is 98.1 g/mol. The largest absolute Gasteiger partial charge is 0.392 e. The fourth-order valence-corrected chi connectivity index (χ4v) is 0.251. The van der Waals surface area contributed by atoms with Gasteiger partial charge in [0.2, 0.25) is 0 Å². The number of aliphatic hydroxyl groups is 1. The highest BCUT2D eigenvalue weighted by molar-refractivity contribution is 5.00. The lowest BCUT2D eigenvalue weighted by Gasteiger charge is -1.70. The van der Waals surface area contributed by atoms with Gasteiger partial charge in [0.15, 0.2) is 0 Å². The number of rotatable bonds is 2. The summed E-state index contributed by atoms with van der Waals surface area (Å²) in [5.74, 6) is 0. The standard InChI is InChI=1S/C6H10O/c1-2-3-4-5-6-7/h2-5,7H,6H2,1H3/b3-2+,5-4-. The minimum absolute atomic E-state index is 0.129. The third kappa shape index (κ3) is 5.44. The summed E-state index contributed by atoms with van der Waals surface area (Å²) in [5, 5.41) is 8.17. The first-order valence-corrected chi connectivity index (χ1v) is 2.30. The molecule has 0 aromatic rings. The van der Waals surface area contributed by atoms with Crippen LogP contribution in [0, 0.1) is 0 Å². The maximum absolute atomic E-state index is 8.17. The molecule has 0 spiro atoms. The molecule has 0 aliphatic heterocycles. The Morgan fingerprint density at radius 1 is 1.43 bits per heavy atom. The first kappa shape index (κ1) is 6.44. The topological polar surface area (TPSA) is 20.2 Å². The van der Waals surface area contributed by atoms with Crippen LogP contribution in [0.4, 0.5) is 0 Å². The smallest absolute Gasteiger partial charge is 0.0615 e. The Hall–Kier alpha value is -0.560. The average molecular weight is 98.1 g/mol. The predicted octanol–water partition coefficient (Wildman–Crippen LogP) is 1.11. The highest BCUT2D eigenvalue weighted by atomic mass is 16.2. The lowest BCUT2D eigenvalue weighted by atomic mass is 10.4. The van der Waals surface area contributed by atoms with Crippen molar-refractivity contribution < 1.29 is 5.11 Å². The van der Waals surface area contributed by atoms with E-state index < -0.39 is 0 Å². The highest BCUT2D eigenvalue weighted by Gasteiger charge is 1.58. The molecule has 0 aliphatic rings. The normalized spacial score (nSPS) is 11.7. The summed E-state index contributed by atoms with van der Waals surface area (Å²) in [6.07, 6.45) is 7.27. The maximum Gasteiger partial charge on any atom is 0.0615 e. The fraction of sp³-hybridized carbons (Fsp3) is 0.333. The Labute approximate surface area is 44.0 Å². The number of hydrogen-bond donors (Lipinski definition) is 1. The molecule has 0 radical (unpaired) electrons. The lowest BCUT2D eigenvalue weighted by molar-refractivity contribution is 0.343. The van der Waals surface area contributed by atoms with Crippen molar-refractivity contribution >= 4 is 0 Å². The van der Waals surface area contributed by atoms with Crippen LogP contribution < -0.4 is 0 Å². The van der Waals surface area contributed by atoms with Crippen molar-refractivity contribution in [3.63, 3.8) is 0 Å². The van der Waals surface area contributed by atoms with E-state index in [-0.39, 0.29) is 6.61 Å². The minimum Gasteiger partial charge on any atom is -0.392 e. The molecule has 0 heterocycles. The molecule has 40 valence electrons. The predicted molar refractivity (Wildman–Crippen MR) is 31.0 cm³/mol. The molecule has 0 unspecified atom stereocenters. The second-order valence-corrected chi connectivity index (χ2v) is 1.14. The molecule has 0 aliphatic carbocycles. The molecule has 0 amide bonds. The van der Waals surface area contributed by atoms with Crippen LogP contribution in [0.15, 0.2) is 24.3 Å². The van der Waals surface area contributed by atoms with Gasteiger partial charge in [-0.15, -0.1) is 0 Å². The van der Waals surface area contributed by atoms with Crippen molar-refractivity contribution in [2.24, 2.45) is 0 Å². The Morgan fingerprint density at radius 2 is 2.14 bits per heavy atom. The molecule has 0 bridgehead atoms. The number of aliphatic hydroxyl groups excluding tert-OH is 1. The molecule has 0 saturated carbocycles. The van der Waals surface area contributed by atoms with Crippen LogP contribution in [0.25, 0.3) is 0 Å². The molecule has 1 heteroatoms. The number of hydrogen-bond acceptors (Lipinski definition) is 1. The van der Waals surface area contributed by atoms with Crippen LogP contribution in [-0.4, -0.2) is 11.7 Å². The number of allylic oxidation sites excluding steroid dienone is 3. The van der Waals surface area contributed by atoms with Gasteiger partial charge in [-0.1, -0.05) is 24.3 Å². The Bertz CT molecular complexity index is 72.2. The summed E-state index contributed by atoms with van der Waals surface area (Å²) in [6, 6.07) is 0. The zero-order valence-corrected chi connectivity index (χ0v) is 4.46. The van der Waals surface area contributed by atoms with Gasteiger partial charge in [0.1, 0.15) is 0 Å². The molecule has 0 fully saturated rings. The molecular formula is C6H10O. The summed E-state index contributed by atoms with van der Waals surface area (Å²) in [6.45, 7) is 2.06. The van der Waals surface area contributed by atoms with E-state index in [9.17, 15) is 0 Å². The molecule has 0 aromatic heterocycles. The van der Waals surface area contributed by atoms with E-state index in [0.717, 1.165) is 0 Å². The molecular weight excluding hydrogens is 88.1 g/mol. The van der Waals surface area contributed by atoms with Gasteiger partial charge in [0, 0.05) is 0 Å². The van der Waals surface area contributed by atoms with E-state index in [1.54, 1.807) is 12.2 Å². The Kier molecular flexibility index (Phi) is 5.00. The van der Waals surface area contributed by atoms with Crippen molar-refractivity contribution in [1.29, 1.82) is 0 Å². The third-order valence-corrected chi connectivity index (χ3v) is 0.545. The van der Waals surface area contributed by atoms with E-state index in [4.69, 9.17) is 5.11 Å². The fourth-order valence-electron chi connectivity index (χ4n) is 0.251. The molecule has 0 aromatic carbocycles. The van der Waals surface area contributed by atoms with E-state index in [1.165, 1.54) is 0 Å². The van der Waals surface area contributed by atoms with Gasteiger partial charge in [-0.3, -0.25) is 0 Å². The highest BCUT2D eigenvalue weighted by Crippen LogP contribution is 1.72. The Balaban J connectivity index is 3.09. The second kappa shape index (κ2) is 5.44. The molecule has 1 nitrogen and oxygen atoms in total. The summed E-state index contributed by atoms with van der Waals surface area (Å²) < 4.78 is 0. The maximum atomic E-state index is 8.17. The van der Waals surface area contributed by atoms with E-state index in [1.807, 2.05) is 19.1 Å². The molecule has 0 saturated heterocycles. The Morgan fingerprint density at radius 3 is 2.57 bits per heavy atom. The van der Waals surface area contributed by atoms with Gasteiger partial charge in [-0.05, 0) is 6.92 Å². The third-order valence-electron chi connectivity index (χ3n) is 0.545. The molecule has 0 rings (SSSR count). The summed E-state index contributed by atoms with van der Waals surface area (Å²) in [5.41, 5.74) is 0. The quantitative estimate of drug-likeness (QED) is 0.513. The van der Waals surface area contributed by atoms with Crippen molar-refractivity contribution in [2.45, 2.75) is 6.92 Å². The van der Waals surface area contributed by atoms with Gasteiger partial charge in [0.05, 0.1) is 6.61 Å². The minimum atomic E-state index is 0.129. The first-order chi connectivity index (χ1) is 3.41. The zero-order chi connectivity index (χ0) is 5.54. The van der Waals surface area contributed by atoms with Crippen LogP contribution >= 0.6 is 0 Å². The summed E-state index contributed by atoms with van der Waals surface area (Å²) in [4.78, 5) is 0. The van der Waals surface area contributed by atoms with Gasteiger partial charge < -0.3 is 5.11 Å². The van der Waals surface area contributed by atoms with E-state index in [0.29, 0.717) is 0 Å². The average Bonchev–Trinajstić information content (AvgIpc) is 1.69.